The summed E-state index contributed by atoms with van der Waals surface area (Å²) >= 11 is 0. The molecule has 7 unspecified atom stereocenters. The number of nitrogen functional groups attached to an aromatic ring is 4. The summed E-state index contributed by atoms with van der Waals surface area (Å²) in [6.45, 7) is 5.69. The molecular weight excluding hydrogens is 1060 g/mol. The number of carbonyl (C=O) groups is 7. The van der Waals surface area contributed by atoms with Crippen molar-refractivity contribution in [2.75, 3.05) is 44.2 Å². The van der Waals surface area contributed by atoms with Gasteiger partial charge in [-0.05, 0) is 138 Å². The van der Waals surface area contributed by atoms with Crippen molar-refractivity contribution in [1.82, 2.24) is 0 Å². The molecule has 0 fully saturated rings. The predicted octanol–water partition coefficient (Wildman–Crippen LogP) is 13.6. The Morgan fingerprint density at radius 3 is 1.17 bits per heavy atom. The summed E-state index contributed by atoms with van der Waals surface area (Å²) in [7, 11) is 0. The Balaban J connectivity index is 1.38. The van der Waals surface area contributed by atoms with Crippen molar-refractivity contribution in [2.24, 2.45) is 40.9 Å². The van der Waals surface area contributed by atoms with Gasteiger partial charge in [-0.25, -0.2) is 0 Å². The first-order chi connectivity index (χ1) is 40.2. The minimum absolute atomic E-state index is 0.195. The zero-order valence-electron chi connectivity index (χ0n) is 49.9. The van der Waals surface area contributed by atoms with Crippen LogP contribution in [0.25, 0.3) is 0 Å². The largest absolute Gasteiger partial charge is 0.481 e. The third kappa shape index (κ3) is 24.3. The van der Waals surface area contributed by atoms with E-state index in [9.17, 15) is 48.9 Å². The molecule has 0 saturated carbocycles. The summed E-state index contributed by atoms with van der Waals surface area (Å²) in [5, 5.41) is 42.7. The molecule has 0 aliphatic heterocycles. The van der Waals surface area contributed by atoms with Gasteiger partial charge in [0.05, 0.1) is 23.2 Å². The van der Waals surface area contributed by atoms with E-state index in [-0.39, 0.29) is 37.0 Å². The molecule has 7 atom stereocenters. The zero-order valence-corrected chi connectivity index (χ0v) is 49.9. The third-order valence-electron chi connectivity index (χ3n) is 16.4. The molecule has 4 rings (SSSR count). The number of rotatable bonds is 42. The molecule has 0 bridgehead atoms. The second-order valence-corrected chi connectivity index (χ2v) is 23.2. The number of carboxylic acids is 3. The third-order valence-corrected chi connectivity index (χ3v) is 16.4. The standard InChI is InChI=1S/C66H96N8O10/c1-4-6-7-13-27-46(59(75)71-52-33-20-29-48(67)41-52)40-47(63(80)81)28-15-10-8-9-14-25-45(62(78)79)26-16-11-17-37-56(60(76)72-53-34-21-30-49(68)42-53)57(61(77)73-54-35-22-31-50(69)43-54)38-18-12-19-39-66(3,58(24-5-2)64(82)83)65(84)74-55-36-23-32-51(70)44-55/h20-23,29-36,41-47,56-58H,4-19,24-28,37-40,67-70H2,1-3H3,(H,71,75)(H,72,76)(H,73,77)(H,74,84)(H,78,79)(H,80,81)(H,82,83). The molecule has 0 aliphatic rings. The van der Waals surface area contributed by atoms with Crippen molar-refractivity contribution in [3.05, 3.63) is 97.1 Å². The Labute approximate surface area is 497 Å². The van der Waals surface area contributed by atoms with E-state index in [2.05, 4.69) is 28.2 Å². The number of benzene rings is 4. The highest BCUT2D eigenvalue weighted by Gasteiger charge is 2.44. The van der Waals surface area contributed by atoms with E-state index in [0.29, 0.717) is 142 Å². The Kier molecular flexibility index (Phi) is 30.2. The summed E-state index contributed by atoms with van der Waals surface area (Å²) in [5.74, 6) is -8.49. The van der Waals surface area contributed by atoms with E-state index < -0.39 is 64.7 Å². The summed E-state index contributed by atoms with van der Waals surface area (Å²) < 4.78 is 0. The maximum absolute atomic E-state index is 14.5. The van der Waals surface area contributed by atoms with Crippen LogP contribution >= 0.6 is 0 Å². The molecule has 0 heterocycles. The van der Waals surface area contributed by atoms with E-state index in [1.54, 1.807) is 104 Å². The SMILES string of the molecule is CCCCCCC(CC(CCCCCCCC(CCCCCC(C(=O)Nc1cccc(N)c1)C(CCCCCC(C)(C(=O)Nc1cccc(N)c1)C(CCC)C(=O)O)C(=O)Nc1cccc(N)c1)C(=O)O)C(=O)O)C(=O)Nc1cccc(N)c1. The van der Waals surface area contributed by atoms with Crippen LogP contribution in [0.3, 0.4) is 0 Å². The molecule has 18 nitrogen and oxygen atoms in total. The Morgan fingerprint density at radius 1 is 0.405 bits per heavy atom. The van der Waals surface area contributed by atoms with Gasteiger partial charge in [-0.3, -0.25) is 33.6 Å². The van der Waals surface area contributed by atoms with Crippen LogP contribution in [0.15, 0.2) is 97.1 Å². The van der Waals surface area contributed by atoms with Gasteiger partial charge in [0, 0.05) is 63.3 Å². The first-order valence-electron chi connectivity index (χ1n) is 30.6. The van der Waals surface area contributed by atoms with Crippen molar-refractivity contribution in [3.63, 3.8) is 0 Å². The van der Waals surface area contributed by atoms with Gasteiger partial charge in [-0.1, -0.05) is 141 Å². The van der Waals surface area contributed by atoms with E-state index >= 15 is 0 Å². The molecule has 4 amide bonds. The number of unbranched alkanes of at least 4 members (excludes halogenated alkanes) is 11. The van der Waals surface area contributed by atoms with Crippen LogP contribution in [0.5, 0.6) is 0 Å². The molecule has 0 aliphatic carbocycles. The number of hydrogen-bond donors (Lipinski definition) is 11. The summed E-state index contributed by atoms with van der Waals surface area (Å²) in [5.41, 5.74) is 26.7. The van der Waals surface area contributed by atoms with E-state index in [1.807, 2.05) is 6.92 Å². The maximum atomic E-state index is 14.5. The van der Waals surface area contributed by atoms with Crippen molar-refractivity contribution in [2.45, 2.75) is 181 Å². The van der Waals surface area contributed by atoms with Crippen molar-refractivity contribution in [3.8, 4) is 0 Å². The fourth-order valence-electron chi connectivity index (χ4n) is 11.5. The molecule has 4 aromatic carbocycles. The van der Waals surface area contributed by atoms with Gasteiger partial charge >= 0.3 is 17.9 Å². The number of nitrogens with one attached hydrogen (secondary N) is 4. The number of nitrogens with two attached hydrogens (primary N) is 4. The maximum Gasteiger partial charge on any atom is 0.307 e. The van der Waals surface area contributed by atoms with Crippen molar-refractivity contribution in [1.29, 1.82) is 0 Å². The van der Waals surface area contributed by atoms with Gasteiger partial charge < -0.3 is 59.5 Å². The second-order valence-electron chi connectivity index (χ2n) is 23.2. The predicted molar refractivity (Wildman–Crippen MR) is 337 cm³/mol. The lowest BCUT2D eigenvalue weighted by Gasteiger charge is -2.34. The minimum atomic E-state index is -1.28. The molecule has 4 aromatic rings. The van der Waals surface area contributed by atoms with E-state index in [4.69, 9.17) is 22.9 Å². The van der Waals surface area contributed by atoms with E-state index in [0.717, 1.165) is 44.9 Å². The van der Waals surface area contributed by atoms with Gasteiger partial charge in [-0.15, -0.1) is 0 Å². The van der Waals surface area contributed by atoms with Crippen LogP contribution in [0, 0.1) is 40.9 Å². The minimum Gasteiger partial charge on any atom is -0.481 e. The summed E-state index contributed by atoms with van der Waals surface area (Å²) in [4.78, 5) is 94.1. The highest BCUT2D eigenvalue weighted by molar-refractivity contribution is 6.00. The number of aliphatic carboxylic acids is 3. The molecular formula is C66H96N8O10. The van der Waals surface area contributed by atoms with Crippen molar-refractivity contribution >= 4 is 87.0 Å². The molecule has 15 N–H and O–H groups in total. The van der Waals surface area contributed by atoms with Crippen LogP contribution in [-0.4, -0.2) is 56.9 Å². The van der Waals surface area contributed by atoms with Gasteiger partial charge in [-0.2, -0.15) is 0 Å². The van der Waals surface area contributed by atoms with Crippen LogP contribution in [-0.2, 0) is 33.6 Å². The molecule has 460 valence electrons. The average molecular weight is 1160 g/mol. The number of anilines is 8. The van der Waals surface area contributed by atoms with E-state index in [1.165, 1.54) is 0 Å². The summed E-state index contributed by atoms with van der Waals surface area (Å²) in [6.07, 6.45) is 14.9. The second kappa shape index (κ2) is 36.8. The Hall–Kier alpha value is -7.63. The van der Waals surface area contributed by atoms with Crippen molar-refractivity contribution < 1.29 is 48.9 Å². The van der Waals surface area contributed by atoms with Gasteiger partial charge in [0.25, 0.3) is 0 Å². The fourth-order valence-corrected chi connectivity index (χ4v) is 11.5. The topological polar surface area (TPSA) is 332 Å². The summed E-state index contributed by atoms with van der Waals surface area (Å²) in [6, 6.07) is 27.2. The average Bonchev–Trinajstić information content (AvgIpc) is 3.60. The highest BCUT2D eigenvalue weighted by Crippen LogP contribution is 2.39. The number of carbonyl (C=O) groups excluding carboxylic acids is 4. The first kappa shape index (κ1) is 68.9. The van der Waals surface area contributed by atoms with Crippen LogP contribution in [0.2, 0.25) is 0 Å². The molecule has 18 heteroatoms. The first-order valence-corrected chi connectivity index (χ1v) is 30.6. The zero-order chi connectivity index (χ0) is 61.4. The molecule has 84 heavy (non-hydrogen) atoms. The molecule has 0 saturated heterocycles. The highest BCUT2D eigenvalue weighted by atomic mass is 16.4. The van der Waals surface area contributed by atoms with Gasteiger partial charge in [0.15, 0.2) is 0 Å². The number of hydrogen-bond acceptors (Lipinski definition) is 11. The Bertz CT molecular complexity index is 2720. The molecule has 0 aromatic heterocycles. The lowest BCUT2D eigenvalue weighted by Crippen LogP contribution is -2.43. The number of amides is 4. The lowest BCUT2D eigenvalue weighted by atomic mass is 9.70. The molecule has 0 spiro atoms. The lowest BCUT2D eigenvalue weighted by molar-refractivity contribution is -0.151. The smallest absolute Gasteiger partial charge is 0.307 e. The quantitative estimate of drug-likeness (QED) is 0.0145. The van der Waals surface area contributed by atoms with Crippen LogP contribution in [0.1, 0.15) is 181 Å². The fraction of sp³-hybridized carbons (Fsp3) is 0.530. The monoisotopic (exact) mass is 1160 g/mol. The Morgan fingerprint density at radius 2 is 0.762 bits per heavy atom. The van der Waals surface area contributed by atoms with Crippen LogP contribution in [0.4, 0.5) is 45.5 Å². The molecule has 0 radical (unpaired) electrons. The normalized spacial score (nSPS) is 14.1. The van der Waals surface area contributed by atoms with Gasteiger partial charge in [0.1, 0.15) is 0 Å². The van der Waals surface area contributed by atoms with Gasteiger partial charge in [0.2, 0.25) is 23.6 Å². The van der Waals surface area contributed by atoms with Crippen LogP contribution < -0.4 is 44.2 Å². The number of carboxylic acid groups (broad SMARTS) is 3.